The summed E-state index contributed by atoms with van der Waals surface area (Å²) in [6.07, 6.45) is 6.60. The van der Waals surface area contributed by atoms with Gasteiger partial charge in [-0.1, -0.05) is 44.0 Å². The first-order chi connectivity index (χ1) is 14.9. The van der Waals surface area contributed by atoms with Crippen LogP contribution in [-0.4, -0.2) is 36.1 Å². The van der Waals surface area contributed by atoms with Crippen molar-refractivity contribution in [2.75, 3.05) is 19.0 Å². The van der Waals surface area contributed by atoms with E-state index in [9.17, 15) is 4.79 Å². The van der Waals surface area contributed by atoms with Crippen LogP contribution in [0.5, 0.6) is 0 Å². The van der Waals surface area contributed by atoms with Gasteiger partial charge in [0.05, 0.1) is 16.3 Å². The van der Waals surface area contributed by atoms with E-state index in [0.717, 1.165) is 44.3 Å². The molecule has 31 heavy (non-hydrogen) atoms. The summed E-state index contributed by atoms with van der Waals surface area (Å²) in [5, 5.41) is 0.796. The Morgan fingerprint density at radius 3 is 2.55 bits per heavy atom. The number of benzene rings is 2. The molecule has 0 radical (unpaired) electrons. The van der Waals surface area contributed by atoms with Gasteiger partial charge in [-0.25, -0.2) is 4.99 Å². The van der Waals surface area contributed by atoms with Crippen LogP contribution < -0.4 is 4.90 Å². The number of carbonyl (C=O) groups excluding carboxylic acids is 1. The van der Waals surface area contributed by atoms with Gasteiger partial charge in [0, 0.05) is 24.6 Å². The summed E-state index contributed by atoms with van der Waals surface area (Å²) in [5.74, 6) is 0.554. The molecule has 1 saturated carbocycles. The summed E-state index contributed by atoms with van der Waals surface area (Å²) in [7, 11) is 4.04. The molecule has 0 spiro atoms. The van der Waals surface area contributed by atoms with Crippen LogP contribution in [0.2, 0.25) is 0 Å². The summed E-state index contributed by atoms with van der Waals surface area (Å²) < 4.78 is 1.01. The van der Waals surface area contributed by atoms with E-state index in [-0.39, 0.29) is 11.9 Å². The molecule has 162 valence electrons. The lowest BCUT2D eigenvalue weighted by atomic mass is 9.85. The Balaban J connectivity index is 1.70. The van der Waals surface area contributed by atoms with Crippen molar-refractivity contribution in [3.63, 3.8) is 0 Å². The van der Waals surface area contributed by atoms with E-state index < -0.39 is 0 Å². The van der Waals surface area contributed by atoms with Crippen LogP contribution in [0.15, 0.2) is 62.9 Å². The third kappa shape index (κ3) is 4.90. The predicted octanol–water partition coefficient (Wildman–Crippen LogP) is 6.70. The van der Waals surface area contributed by atoms with Gasteiger partial charge >= 0.3 is 0 Å². The van der Waals surface area contributed by atoms with E-state index in [4.69, 9.17) is 4.99 Å². The number of para-hydroxylation sites is 1. The van der Waals surface area contributed by atoms with Gasteiger partial charge in [-0.15, -0.1) is 0 Å². The molecular formula is C25H28BrN3OS. The Morgan fingerprint density at radius 1 is 1.13 bits per heavy atom. The van der Waals surface area contributed by atoms with Gasteiger partial charge in [-0.2, -0.15) is 0 Å². The van der Waals surface area contributed by atoms with Crippen LogP contribution in [0.4, 0.5) is 11.4 Å². The van der Waals surface area contributed by atoms with Crippen LogP contribution in [0.1, 0.15) is 38.2 Å². The van der Waals surface area contributed by atoms with Crippen molar-refractivity contribution >= 4 is 56.2 Å². The van der Waals surface area contributed by atoms with Crippen molar-refractivity contribution < 1.29 is 4.79 Å². The van der Waals surface area contributed by atoms with Gasteiger partial charge in [0.2, 0.25) is 0 Å². The molecular weight excluding hydrogens is 470 g/mol. The Bertz CT molecular complexity index is 1020. The summed E-state index contributed by atoms with van der Waals surface area (Å²) in [4.78, 5) is 23.2. The highest BCUT2D eigenvalue weighted by Crippen LogP contribution is 2.40. The maximum absolute atomic E-state index is 13.6. The first-order valence-corrected chi connectivity index (χ1v) is 12.4. The molecule has 1 aliphatic heterocycles. The number of amides is 1. The van der Waals surface area contributed by atoms with Crippen molar-refractivity contribution in [3.05, 3.63) is 63.5 Å². The van der Waals surface area contributed by atoms with E-state index in [1.165, 1.54) is 24.6 Å². The monoisotopic (exact) mass is 497 g/mol. The SMILES string of the molecule is C[C@H]1CCCC[C@H]1N1C(=O)/C(=C/c2ccc(N(C)C)c(Br)c2)SC1=Nc1ccccc1. The molecule has 2 aromatic carbocycles. The number of nitrogens with zero attached hydrogens (tertiary/aromatic N) is 3. The van der Waals surface area contributed by atoms with E-state index in [2.05, 4.69) is 46.0 Å². The van der Waals surface area contributed by atoms with Crippen molar-refractivity contribution in [3.8, 4) is 0 Å². The maximum atomic E-state index is 13.6. The number of aliphatic imine (C=N–C) groups is 1. The minimum Gasteiger partial charge on any atom is -0.377 e. The average molecular weight is 498 g/mol. The van der Waals surface area contributed by atoms with E-state index in [1.807, 2.05) is 55.4 Å². The van der Waals surface area contributed by atoms with Crippen molar-refractivity contribution in [1.29, 1.82) is 0 Å². The van der Waals surface area contributed by atoms with Gasteiger partial charge in [0.15, 0.2) is 5.17 Å². The van der Waals surface area contributed by atoms with Crippen molar-refractivity contribution in [2.24, 2.45) is 10.9 Å². The standard InChI is InChI=1S/C25H28BrN3OS/c1-17-9-7-8-12-21(17)29-24(30)23(31-25(29)27-19-10-5-4-6-11-19)16-18-13-14-22(28(2)3)20(26)15-18/h4-6,10-11,13-17,21H,7-9,12H2,1-3H3/b23-16-,27-25?/t17-,21+/m0/s1. The molecule has 0 bridgehead atoms. The molecule has 1 amide bonds. The number of hydrogen-bond donors (Lipinski definition) is 0. The molecule has 2 fully saturated rings. The second kappa shape index (κ2) is 9.61. The molecule has 6 heteroatoms. The number of thioether (sulfide) groups is 1. The maximum Gasteiger partial charge on any atom is 0.267 e. The second-order valence-electron chi connectivity index (χ2n) is 8.45. The third-order valence-electron chi connectivity index (χ3n) is 5.97. The highest BCUT2D eigenvalue weighted by atomic mass is 79.9. The van der Waals surface area contributed by atoms with Crippen LogP contribution in [-0.2, 0) is 4.79 Å². The van der Waals surface area contributed by atoms with Gasteiger partial charge in [0.1, 0.15) is 0 Å². The molecule has 0 N–H and O–H groups in total. The molecule has 2 aliphatic rings. The molecule has 1 aliphatic carbocycles. The number of carbonyl (C=O) groups is 1. The van der Waals surface area contributed by atoms with Gasteiger partial charge < -0.3 is 4.90 Å². The van der Waals surface area contributed by atoms with Gasteiger partial charge in [-0.3, -0.25) is 9.69 Å². The third-order valence-corrected chi connectivity index (χ3v) is 7.59. The first-order valence-electron chi connectivity index (χ1n) is 10.8. The molecule has 0 unspecified atom stereocenters. The van der Waals surface area contributed by atoms with E-state index >= 15 is 0 Å². The quantitative estimate of drug-likeness (QED) is 0.440. The fourth-order valence-corrected chi connectivity index (χ4v) is 6.07. The molecule has 4 nitrogen and oxygen atoms in total. The number of amidine groups is 1. The fraction of sp³-hybridized carbons (Fsp3) is 0.360. The smallest absolute Gasteiger partial charge is 0.267 e. The van der Waals surface area contributed by atoms with E-state index in [0.29, 0.717) is 5.92 Å². The summed E-state index contributed by atoms with van der Waals surface area (Å²) in [5.41, 5.74) is 2.99. The molecule has 1 saturated heterocycles. The average Bonchev–Trinajstić information content (AvgIpc) is 3.03. The Morgan fingerprint density at radius 2 is 1.87 bits per heavy atom. The normalized spacial score (nSPS) is 24.3. The zero-order valence-electron chi connectivity index (χ0n) is 18.2. The molecule has 4 rings (SSSR count). The second-order valence-corrected chi connectivity index (χ2v) is 10.3. The highest BCUT2D eigenvalue weighted by Gasteiger charge is 2.41. The summed E-state index contributed by atoms with van der Waals surface area (Å²) in [6, 6.07) is 16.3. The Kier molecular flexibility index (Phi) is 6.87. The largest absolute Gasteiger partial charge is 0.377 e. The van der Waals surface area contributed by atoms with E-state index in [1.54, 1.807) is 0 Å². The minimum atomic E-state index is 0.0752. The summed E-state index contributed by atoms with van der Waals surface area (Å²) in [6.45, 7) is 2.26. The lowest BCUT2D eigenvalue weighted by molar-refractivity contribution is -0.124. The van der Waals surface area contributed by atoms with Crippen LogP contribution in [0.25, 0.3) is 6.08 Å². The van der Waals surface area contributed by atoms with Crippen molar-refractivity contribution in [1.82, 2.24) is 4.90 Å². The predicted molar refractivity (Wildman–Crippen MR) is 136 cm³/mol. The summed E-state index contributed by atoms with van der Waals surface area (Å²) >= 11 is 5.14. The molecule has 0 aromatic heterocycles. The topological polar surface area (TPSA) is 35.9 Å². The molecule has 1 heterocycles. The molecule has 2 atom stereocenters. The van der Waals surface area contributed by atoms with Crippen LogP contribution >= 0.6 is 27.7 Å². The molecule has 2 aromatic rings. The zero-order chi connectivity index (χ0) is 22.0. The Hall–Kier alpha value is -2.05. The lowest BCUT2D eigenvalue weighted by Gasteiger charge is -2.35. The highest BCUT2D eigenvalue weighted by molar-refractivity contribution is 9.10. The number of rotatable bonds is 4. The number of halogens is 1. The minimum absolute atomic E-state index is 0.0752. The van der Waals surface area contributed by atoms with Gasteiger partial charge in [0.25, 0.3) is 5.91 Å². The van der Waals surface area contributed by atoms with Crippen molar-refractivity contribution in [2.45, 2.75) is 38.6 Å². The van der Waals surface area contributed by atoms with Gasteiger partial charge in [-0.05, 0) is 82.4 Å². The zero-order valence-corrected chi connectivity index (χ0v) is 20.6. The Labute approximate surface area is 197 Å². The first kappa shape index (κ1) is 22.2. The van der Waals surface area contributed by atoms with Crippen LogP contribution in [0, 0.1) is 5.92 Å². The number of anilines is 1. The van der Waals surface area contributed by atoms with Crippen LogP contribution in [0.3, 0.4) is 0 Å². The fourth-order valence-electron chi connectivity index (χ4n) is 4.28. The number of hydrogen-bond acceptors (Lipinski definition) is 4. The lowest BCUT2D eigenvalue weighted by Crippen LogP contribution is -2.44.